The van der Waals surface area contributed by atoms with E-state index in [2.05, 4.69) is 27.7 Å². The van der Waals surface area contributed by atoms with Gasteiger partial charge in [-0.1, -0.05) is 39.8 Å². The number of amides is 2. The van der Waals surface area contributed by atoms with E-state index in [1.807, 2.05) is 18.2 Å². The van der Waals surface area contributed by atoms with Gasteiger partial charge in [-0.3, -0.25) is 14.5 Å². The normalized spacial score (nSPS) is 22.0. The Morgan fingerprint density at radius 1 is 1.04 bits per heavy atom. The second-order valence-corrected chi connectivity index (χ2v) is 7.81. The number of benzene rings is 1. The van der Waals surface area contributed by atoms with Crippen molar-refractivity contribution < 1.29 is 19.1 Å². The lowest BCUT2D eigenvalue weighted by molar-refractivity contribution is -0.140. The summed E-state index contributed by atoms with van der Waals surface area (Å²) in [6.45, 7) is 9.65. The van der Waals surface area contributed by atoms with E-state index in [-0.39, 0.29) is 24.0 Å². The summed E-state index contributed by atoms with van der Waals surface area (Å²) in [5.41, 5.74) is 1.93. The average molecular weight is 357 g/mol. The quantitative estimate of drug-likeness (QED) is 0.697. The molecule has 0 aromatic heterocycles. The number of carbonyl (C=O) groups is 2. The maximum Gasteiger partial charge on any atom is 0.254 e. The van der Waals surface area contributed by atoms with Crippen LogP contribution < -0.4 is 4.74 Å². The predicted octanol–water partition coefficient (Wildman–Crippen LogP) is 3.80. The highest BCUT2D eigenvalue weighted by Gasteiger charge is 2.42. The number of hydrogen-bond acceptors (Lipinski definition) is 4. The van der Waals surface area contributed by atoms with Gasteiger partial charge in [0.25, 0.3) is 11.8 Å². The van der Waals surface area contributed by atoms with Gasteiger partial charge in [0.05, 0.1) is 18.8 Å². The Balaban J connectivity index is 1.94. The average Bonchev–Trinajstić information content (AvgIpc) is 3.11. The molecule has 26 heavy (non-hydrogen) atoms. The molecule has 2 aliphatic rings. The van der Waals surface area contributed by atoms with Gasteiger partial charge >= 0.3 is 0 Å². The molecule has 3 rings (SSSR count). The van der Waals surface area contributed by atoms with Crippen LogP contribution in [0, 0.1) is 11.8 Å². The molecule has 0 spiro atoms. The van der Waals surface area contributed by atoms with Crippen molar-refractivity contribution in [3.63, 3.8) is 0 Å². The number of hydrogen-bond donors (Lipinski definition) is 0. The molecular weight excluding hydrogens is 330 g/mol. The predicted molar refractivity (Wildman–Crippen MR) is 98.7 cm³/mol. The number of carbonyl (C=O) groups excluding carboxylic acids is 2. The third kappa shape index (κ3) is 3.68. The van der Waals surface area contributed by atoms with E-state index in [1.54, 1.807) is 0 Å². The molecule has 1 aromatic rings. The molecule has 0 saturated heterocycles. The monoisotopic (exact) mass is 357 g/mol. The summed E-state index contributed by atoms with van der Waals surface area (Å²) in [4.78, 5) is 25.7. The summed E-state index contributed by atoms with van der Waals surface area (Å²) in [6, 6.07) is 5.53. The largest absolute Gasteiger partial charge is 0.493 e. The van der Waals surface area contributed by atoms with Crippen LogP contribution in [0.4, 0.5) is 0 Å². The second-order valence-electron chi connectivity index (χ2n) is 7.81. The number of ether oxygens (including phenoxy) is 2. The molecule has 0 N–H and O–H groups in total. The molecule has 0 saturated carbocycles. The summed E-state index contributed by atoms with van der Waals surface area (Å²) >= 11 is 0. The van der Waals surface area contributed by atoms with Gasteiger partial charge in [-0.05, 0) is 23.5 Å². The third-order valence-corrected chi connectivity index (χ3v) is 4.58. The molecule has 0 radical (unpaired) electrons. The zero-order valence-electron chi connectivity index (χ0n) is 15.9. The first-order valence-electron chi connectivity index (χ1n) is 9.31. The minimum atomic E-state index is -0.306. The molecule has 2 amide bonds. The molecule has 140 valence electrons. The third-order valence-electron chi connectivity index (χ3n) is 4.58. The standard InChI is InChI=1S/C21H27NO4/c1-13(2)11-25-17-7-5-6-15-16(22-19(23)8-9-20(22)24)10-18(21(15)17)26-12-14(3)4/h5-9,13-14,16,18H,10-12H2,1-4H3/t16-,18-/m0/s1. The smallest absolute Gasteiger partial charge is 0.254 e. The minimum Gasteiger partial charge on any atom is -0.493 e. The lowest BCUT2D eigenvalue weighted by Crippen LogP contribution is -2.33. The molecule has 5 heteroatoms. The molecule has 1 heterocycles. The van der Waals surface area contributed by atoms with Crippen LogP contribution in [0.3, 0.4) is 0 Å². The van der Waals surface area contributed by atoms with Gasteiger partial charge < -0.3 is 9.47 Å². The van der Waals surface area contributed by atoms with Gasteiger partial charge in [-0.25, -0.2) is 0 Å². The van der Waals surface area contributed by atoms with Crippen LogP contribution >= 0.6 is 0 Å². The van der Waals surface area contributed by atoms with Crippen molar-refractivity contribution in [3.8, 4) is 5.75 Å². The summed E-state index contributed by atoms with van der Waals surface area (Å²) in [6.07, 6.45) is 3.07. The summed E-state index contributed by atoms with van der Waals surface area (Å²) in [5, 5.41) is 0. The van der Waals surface area contributed by atoms with E-state index in [1.165, 1.54) is 17.1 Å². The van der Waals surface area contributed by atoms with Crippen molar-refractivity contribution in [2.24, 2.45) is 11.8 Å². The molecule has 1 aromatic carbocycles. The molecule has 5 nitrogen and oxygen atoms in total. The van der Waals surface area contributed by atoms with E-state index < -0.39 is 0 Å². The van der Waals surface area contributed by atoms with Gasteiger partial charge in [0.2, 0.25) is 0 Å². The molecule has 1 aliphatic heterocycles. The molecule has 0 unspecified atom stereocenters. The number of fused-ring (bicyclic) bond motifs is 1. The maximum atomic E-state index is 12.2. The molecule has 1 aliphatic carbocycles. The summed E-state index contributed by atoms with van der Waals surface area (Å²) in [7, 11) is 0. The zero-order chi connectivity index (χ0) is 18.8. The fraction of sp³-hybridized carbons (Fsp3) is 0.524. The zero-order valence-corrected chi connectivity index (χ0v) is 15.9. The summed E-state index contributed by atoms with van der Waals surface area (Å²) in [5.74, 6) is 1.08. The van der Waals surface area contributed by atoms with Crippen molar-refractivity contribution in [1.82, 2.24) is 4.90 Å². The van der Waals surface area contributed by atoms with Gasteiger partial charge in [0.15, 0.2) is 0 Å². The van der Waals surface area contributed by atoms with E-state index in [4.69, 9.17) is 9.47 Å². The van der Waals surface area contributed by atoms with Crippen molar-refractivity contribution in [3.05, 3.63) is 41.5 Å². The van der Waals surface area contributed by atoms with Gasteiger partial charge in [-0.15, -0.1) is 0 Å². The summed E-state index contributed by atoms with van der Waals surface area (Å²) < 4.78 is 12.2. The molecule has 2 atom stereocenters. The number of imide groups is 1. The van der Waals surface area contributed by atoms with E-state index in [9.17, 15) is 9.59 Å². The van der Waals surface area contributed by atoms with Crippen LogP contribution in [0.2, 0.25) is 0 Å². The van der Waals surface area contributed by atoms with Crippen LogP contribution in [0.15, 0.2) is 30.4 Å². The lowest BCUT2D eigenvalue weighted by atomic mass is 10.1. The van der Waals surface area contributed by atoms with Crippen molar-refractivity contribution >= 4 is 11.8 Å². The second kappa shape index (κ2) is 7.62. The van der Waals surface area contributed by atoms with Crippen LogP contribution in [0.5, 0.6) is 5.75 Å². The fourth-order valence-electron chi connectivity index (χ4n) is 3.45. The topological polar surface area (TPSA) is 55.8 Å². The SMILES string of the molecule is CC(C)COc1cccc2c1[C@@H](OCC(C)C)C[C@@H]2N1C(=O)C=CC1=O. The lowest BCUT2D eigenvalue weighted by Gasteiger charge is -2.23. The van der Waals surface area contributed by atoms with Gasteiger partial charge in [-0.2, -0.15) is 0 Å². The Bertz CT molecular complexity index is 705. The first kappa shape index (κ1) is 18.6. The number of nitrogens with zero attached hydrogens (tertiary/aromatic N) is 1. The van der Waals surface area contributed by atoms with Crippen LogP contribution in [0.25, 0.3) is 0 Å². The Hall–Kier alpha value is -2.14. The highest BCUT2D eigenvalue weighted by molar-refractivity contribution is 6.13. The number of rotatable bonds is 7. The maximum absolute atomic E-state index is 12.2. The Kier molecular flexibility index (Phi) is 5.47. The van der Waals surface area contributed by atoms with Crippen molar-refractivity contribution in [2.45, 2.75) is 46.3 Å². The van der Waals surface area contributed by atoms with E-state index in [0.717, 1.165) is 16.9 Å². The first-order valence-corrected chi connectivity index (χ1v) is 9.31. The minimum absolute atomic E-state index is 0.179. The highest BCUT2D eigenvalue weighted by atomic mass is 16.5. The van der Waals surface area contributed by atoms with Crippen LogP contribution in [-0.4, -0.2) is 29.9 Å². The molecular formula is C21H27NO4. The Morgan fingerprint density at radius 3 is 2.31 bits per heavy atom. The molecule has 0 bridgehead atoms. The first-order chi connectivity index (χ1) is 12.4. The van der Waals surface area contributed by atoms with E-state index >= 15 is 0 Å². The van der Waals surface area contributed by atoms with Gasteiger partial charge in [0, 0.05) is 30.7 Å². The Labute approximate surface area is 155 Å². The van der Waals surface area contributed by atoms with Crippen LogP contribution in [0.1, 0.15) is 57.4 Å². The fourth-order valence-corrected chi connectivity index (χ4v) is 3.45. The van der Waals surface area contributed by atoms with Crippen molar-refractivity contribution in [1.29, 1.82) is 0 Å². The van der Waals surface area contributed by atoms with Gasteiger partial charge in [0.1, 0.15) is 5.75 Å². The van der Waals surface area contributed by atoms with Crippen molar-refractivity contribution in [2.75, 3.05) is 13.2 Å². The molecule has 0 fully saturated rings. The Morgan fingerprint density at radius 2 is 1.69 bits per heavy atom. The highest BCUT2D eigenvalue weighted by Crippen LogP contribution is 2.49. The van der Waals surface area contributed by atoms with Crippen LogP contribution in [-0.2, 0) is 14.3 Å². The van der Waals surface area contributed by atoms with E-state index in [0.29, 0.717) is 31.5 Å².